The van der Waals surface area contributed by atoms with Gasteiger partial charge in [0.2, 0.25) is 0 Å². The van der Waals surface area contributed by atoms with Crippen LogP contribution in [-0.2, 0) is 4.57 Å². The van der Waals surface area contributed by atoms with Crippen LogP contribution in [0.1, 0.15) is 0 Å². The summed E-state index contributed by atoms with van der Waals surface area (Å²) in [6.45, 7) is 0. The maximum atomic E-state index is 14.0. The third kappa shape index (κ3) is 2.66. The van der Waals surface area contributed by atoms with Crippen LogP contribution >= 0.6 is 7.14 Å². The molecule has 1 nitrogen and oxygen atoms in total. The van der Waals surface area contributed by atoms with Crippen LogP contribution in [0.3, 0.4) is 0 Å². The molecule has 0 saturated heterocycles. The van der Waals surface area contributed by atoms with Gasteiger partial charge in [-0.3, -0.25) is 0 Å². The molecule has 0 N–H and O–H groups in total. The summed E-state index contributed by atoms with van der Waals surface area (Å²) in [7, 11) is -2.81. The monoisotopic (exact) mass is 284 g/mol. The van der Waals surface area contributed by atoms with E-state index in [9.17, 15) is 4.57 Å². The molecule has 3 heteroatoms. The Labute approximate surface area is 134 Å². The molecule has 3 rings (SSSR count). The summed E-state index contributed by atoms with van der Waals surface area (Å²) in [6, 6.07) is 27.5. The van der Waals surface area contributed by atoms with E-state index in [0.29, 0.717) is 0 Å². The minimum absolute atomic E-state index is 0.880. The molecule has 98 valence electrons. The van der Waals surface area contributed by atoms with Gasteiger partial charge in [0.25, 0.3) is 0 Å². The standard InChI is InChI=1S/C18H14OP.Li/c19-20(16-10-4-1-5-11-16,17-12-6-2-7-13-17)18-14-8-3-9-15-18;/h1-14H;. The minimum atomic E-state index is -2.81. The average molecular weight is 284 g/mol. The van der Waals surface area contributed by atoms with Crippen LogP contribution in [0.5, 0.6) is 0 Å². The SMILES string of the molecule is [Li][c]1ccccc1P(=O)(c1ccccc1)c1ccccc1. The van der Waals surface area contributed by atoms with Crippen LogP contribution in [0, 0.1) is 0 Å². The molecule has 0 aliphatic carbocycles. The zero-order valence-electron chi connectivity index (χ0n) is 11.9. The van der Waals surface area contributed by atoms with Gasteiger partial charge in [0.15, 0.2) is 0 Å². The number of hydrogen-bond acceptors (Lipinski definition) is 1. The van der Waals surface area contributed by atoms with E-state index >= 15 is 0 Å². The quantitative estimate of drug-likeness (QED) is 0.532. The van der Waals surface area contributed by atoms with Crippen molar-refractivity contribution in [2.24, 2.45) is 0 Å². The van der Waals surface area contributed by atoms with Crippen molar-refractivity contribution in [1.82, 2.24) is 0 Å². The van der Waals surface area contributed by atoms with E-state index in [4.69, 9.17) is 0 Å². The molecular formula is C18H14LiOP. The van der Waals surface area contributed by atoms with E-state index in [1.165, 1.54) is 0 Å². The summed E-state index contributed by atoms with van der Waals surface area (Å²) in [5.41, 5.74) is 0. The third-order valence-corrected chi connectivity index (χ3v) is 6.93. The third-order valence-electron chi connectivity index (χ3n) is 3.69. The molecule has 0 radical (unpaired) electrons. The second-order valence-corrected chi connectivity index (χ2v) is 7.80. The number of hydrogen-bond donors (Lipinski definition) is 0. The summed E-state index contributed by atoms with van der Waals surface area (Å²) < 4.78 is 15.1. The average Bonchev–Trinajstić information content (AvgIpc) is 2.56. The van der Waals surface area contributed by atoms with E-state index in [1.54, 1.807) is 0 Å². The summed E-state index contributed by atoms with van der Waals surface area (Å²) in [6.07, 6.45) is 0. The van der Waals surface area contributed by atoms with Crippen LogP contribution < -0.4 is 20.2 Å². The van der Waals surface area contributed by atoms with Crippen molar-refractivity contribution in [2.45, 2.75) is 0 Å². The van der Waals surface area contributed by atoms with E-state index < -0.39 is 7.14 Å². The van der Waals surface area contributed by atoms with Gasteiger partial charge in [0.1, 0.15) is 0 Å². The molecule has 0 aliphatic rings. The summed E-state index contributed by atoms with van der Waals surface area (Å²) in [4.78, 5) is 0. The van der Waals surface area contributed by atoms with Gasteiger partial charge in [0, 0.05) is 0 Å². The molecule has 0 bridgehead atoms. The molecule has 0 aliphatic heterocycles. The Bertz CT molecular complexity index is 741. The van der Waals surface area contributed by atoms with E-state index in [1.807, 2.05) is 103 Å². The van der Waals surface area contributed by atoms with Crippen LogP contribution in [0.25, 0.3) is 0 Å². The zero-order valence-corrected chi connectivity index (χ0v) is 12.8. The Morgan fingerprint density at radius 3 is 1.52 bits per heavy atom. The van der Waals surface area contributed by atoms with Crippen molar-refractivity contribution in [3.8, 4) is 0 Å². The van der Waals surface area contributed by atoms with E-state index in [0.717, 1.165) is 20.2 Å². The van der Waals surface area contributed by atoms with Crippen molar-refractivity contribution >= 4 is 45.0 Å². The first kappa shape index (κ1) is 14.4. The Balaban J connectivity index is 2.32. The first-order chi connectivity index (χ1) is 10.2. The number of rotatable bonds is 3. The Kier molecular flexibility index (Phi) is 4.18. The Hall–Kier alpha value is -1.51. The van der Waals surface area contributed by atoms with Gasteiger partial charge in [-0.05, 0) is 0 Å². The van der Waals surface area contributed by atoms with Gasteiger partial charge in [-0.15, -0.1) is 0 Å². The molecule has 0 heterocycles. The van der Waals surface area contributed by atoms with Gasteiger partial charge in [-0.25, -0.2) is 0 Å². The topological polar surface area (TPSA) is 17.1 Å². The van der Waals surface area contributed by atoms with Crippen molar-refractivity contribution in [3.63, 3.8) is 0 Å². The van der Waals surface area contributed by atoms with E-state index in [2.05, 4.69) is 0 Å². The van der Waals surface area contributed by atoms with Gasteiger partial charge in [0.05, 0.1) is 0 Å². The second-order valence-electron chi connectivity index (χ2n) is 5.07. The fourth-order valence-electron chi connectivity index (χ4n) is 2.62. The maximum absolute atomic E-state index is 14.0. The van der Waals surface area contributed by atoms with Crippen molar-refractivity contribution in [2.75, 3.05) is 0 Å². The molecule has 21 heavy (non-hydrogen) atoms. The number of benzene rings is 3. The predicted octanol–water partition coefficient (Wildman–Crippen LogP) is 2.12. The molecule has 0 amide bonds. The normalized spacial score (nSPS) is 11.3. The molecule has 0 spiro atoms. The Morgan fingerprint density at radius 1 is 0.619 bits per heavy atom. The fourth-order valence-corrected chi connectivity index (χ4v) is 5.53. The summed E-state index contributed by atoms with van der Waals surface area (Å²) in [5.74, 6) is 0. The summed E-state index contributed by atoms with van der Waals surface area (Å²) >= 11 is 2.02. The van der Waals surface area contributed by atoms with Crippen LogP contribution in [0.2, 0.25) is 0 Å². The molecule has 0 saturated carbocycles. The van der Waals surface area contributed by atoms with E-state index in [-0.39, 0.29) is 0 Å². The molecule has 3 aromatic carbocycles. The van der Waals surface area contributed by atoms with Crippen molar-refractivity contribution in [3.05, 3.63) is 84.9 Å². The van der Waals surface area contributed by atoms with Crippen LogP contribution in [0.15, 0.2) is 84.9 Å². The molecule has 3 aromatic rings. The predicted molar refractivity (Wildman–Crippen MR) is 91.2 cm³/mol. The van der Waals surface area contributed by atoms with Crippen LogP contribution in [-0.4, -0.2) is 17.7 Å². The van der Waals surface area contributed by atoms with Gasteiger partial charge < -0.3 is 0 Å². The van der Waals surface area contributed by atoms with Gasteiger partial charge in [-0.2, -0.15) is 0 Å². The first-order valence-corrected chi connectivity index (χ1v) is 8.71. The van der Waals surface area contributed by atoms with Crippen molar-refractivity contribution < 1.29 is 4.57 Å². The second kappa shape index (κ2) is 6.08. The van der Waals surface area contributed by atoms with Crippen molar-refractivity contribution in [1.29, 1.82) is 0 Å². The van der Waals surface area contributed by atoms with Gasteiger partial charge >= 0.3 is 135 Å². The van der Waals surface area contributed by atoms with Gasteiger partial charge in [-0.1, -0.05) is 0 Å². The molecule has 0 fully saturated rings. The molecule has 0 aromatic heterocycles. The fraction of sp³-hybridized carbons (Fsp3) is 0. The molecular weight excluding hydrogens is 270 g/mol. The molecule has 0 atom stereocenters. The van der Waals surface area contributed by atoms with Crippen LogP contribution in [0.4, 0.5) is 0 Å². The summed E-state index contributed by atoms with van der Waals surface area (Å²) in [5, 5.41) is 2.68. The Morgan fingerprint density at radius 2 is 1.05 bits per heavy atom. The molecule has 0 unspecified atom stereocenters. The first-order valence-electron chi connectivity index (χ1n) is 7.00. The zero-order chi connectivity index (χ0) is 14.7.